The molecule has 2 aromatic heterocycles. The van der Waals surface area contributed by atoms with Crippen LogP contribution in [0.25, 0.3) is 11.0 Å². The highest BCUT2D eigenvalue weighted by atomic mass is 16.5. The highest BCUT2D eigenvalue weighted by Gasteiger charge is 2.09. The van der Waals surface area contributed by atoms with Crippen LogP contribution in [0.2, 0.25) is 0 Å². The summed E-state index contributed by atoms with van der Waals surface area (Å²) in [6, 6.07) is 9.34. The van der Waals surface area contributed by atoms with E-state index < -0.39 is 0 Å². The molecule has 0 atom stereocenters. The van der Waals surface area contributed by atoms with Gasteiger partial charge in [0.05, 0.1) is 17.8 Å². The zero-order valence-corrected chi connectivity index (χ0v) is 9.91. The van der Waals surface area contributed by atoms with Crippen molar-refractivity contribution in [1.82, 2.24) is 19.5 Å². The number of aromatic nitrogens is 4. The number of para-hydroxylation sites is 2. The summed E-state index contributed by atoms with van der Waals surface area (Å²) in [5.41, 5.74) is 2.46. The molecule has 0 bridgehead atoms. The highest BCUT2D eigenvalue weighted by Crippen LogP contribution is 2.17. The second-order valence-corrected chi connectivity index (χ2v) is 4.04. The van der Waals surface area contributed by atoms with Gasteiger partial charge >= 0.3 is 0 Å². The number of rotatable bonds is 3. The summed E-state index contributed by atoms with van der Waals surface area (Å²) in [5.74, 6) is 0.428. The van der Waals surface area contributed by atoms with Crippen LogP contribution in [-0.2, 0) is 13.6 Å². The van der Waals surface area contributed by atoms with Crippen LogP contribution in [0.5, 0.6) is 0 Å². The summed E-state index contributed by atoms with van der Waals surface area (Å²) in [5, 5.41) is 17.1. The average molecular weight is 243 g/mol. The first kappa shape index (κ1) is 10.6. The molecule has 0 aliphatic rings. The fourth-order valence-electron chi connectivity index (χ4n) is 1.87. The van der Waals surface area contributed by atoms with Crippen molar-refractivity contribution >= 4 is 17.0 Å². The molecule has 18 heavy (non-hydrogen) atoms. The predicted octanol–water partition coefficient (Wildman–Crippen LogP) is 1.62. The van der Waals surface area contributed by atoms with Crippen LogP contribution < -0.4 is 5.32 Å². The standard InChI is InChI=1S/C12H13N5O/c1-16-9(6-7-14-16)8-13-12-15-10-4-2-3-5-11(10)17(12)18/h2-7,18H,8H2,1H3,(H,13,15). The number of fused-ring (bicyclic) bond motifs is 1. The largest absolute Gasteiger partial charge is 0.425 e. The number of imidazole rings is 1. The topological polar surface area (TPSA) is 67.9 Å². The molecule has 0 aliphatic carbocycles. The van der Waals surface area contributed by atoms with Crippen LogP contribution in [0.4, 0.5) is 5.95 Å². The third-order valence-electron chi connectivity index (χ3n) is 2.89. The Morgan fingerprint density at radius 1 is 1.28 bits per heavy atom. The van der Waals surface area contributed by atoms with Crippen molar-refractivity contribution in [2.75, 3.05) is 5.32 Å². The minimum atomic E-state index is 0.428. The Morgan fingerprint density at radius 2 is 2.11 bits per heavy atom. The number of aryl methyl sites for hydroxylation is 1. The molecule has 0 saturated heterocycles. The molecule has 3 rings (SSSR count). The molecular formula is C12H13N5O. The van der Waals surface area contributed by atoms with E-state index in [-0.39, 0.29) is 0 Å². The number of hydrogen-bond acceptors (Lipinski definition) is 4. The lowest BCUT2D eigenvalue weighted by atomic mass is 10.3. The lowest BCUT2D eigenvalue weighted by Crippen LogP contribution is -2.08. The summed E-state index contributed by atoms with van der Waals surface area (Å²) in [6.07, 6.45) is 1.74. The Balaban J connectivity index is 1.87. The molecule has 2 heterocycles. The second kappa shape index (κ2) is 4.06. The molecule has 0 aliphatic heterocycles. The minimum absolute atomic E-state index is 0.428. The van der Waals surface area contributed by atoms with Crippen molar-refractivity contribution in [2.45, 2.75) is 6.54 Å². The van der Waals surface area contributed by atoms with Gasteiger partial charge in [0.1, 0.15) is 5.52 Å². The Morgan fingerprint density at radius 3 is 2.83 bits per heavy atom. The third kappa shape index (κ3) is 1.67. The lowest BCUT2D eigenvalue weighted by Gasteiger charge is -2.05. The van der Waals surface area contributed by atoms with Crippen molar-refractivity contribution in [3.05, 3.63) is 42.2 Å². The smallest absolute Gasteiger partial charge is 0.238 e. The SMILES string of the molecule is Cn1nccc1CNc1nc2ccccc2n1O. The molecule has 2 N–H and O–H groups in total. The molecule has 92 valence electrons. The first-order chi connectivity index (χ1) is 8.75. The Labute approximate surface area is 103 Å². The Bertz CT molecular complexity index is 685. The molecule has 0 radical (unpaired) electrons. The third-order valence-corrected chi connectivity index (χ3v) is 2.89. The van der Waals surface area contributed by atoms with Gasteiger partial charge < -0.3 is 10.5 Å². The molecule has 6 nitrogen and oxygen atoms in total. The highest BCUT2D eigenvalue weighted by molar-refractivity contribution is 5.77. The van der Waals surface area contributed by atoms with Crippen LogP contribution >= 0.6 is 0 Å². The van der Waals surface area contributed by atoms with Crippen molar-refractivity contribution in [1.29, 1.82) is 0 Å². The quantitative estimate of drug-likeness (QED) is 0.686. The number of anilines is 1. The Hall–Kier alpha value is -2.50. The number of hydrogen-bond donors (Lipinski definition) is 2. The molecule has 3 aromatic rings. The maximum Gasteiger partial charge on any atom is 0.238 e. The maximum absolute atomic E-state index is 9.96. The van der Waals surface area contributed by atoms with Gasteiger partial charge in [-0.25, -0.2) is 4.98 Å². The van der Waals surface area contributed by atoms with Crippen molar-refractivity contribution < 1.29 is 5.21 Å². The van der Waals surface area contributed by atoms with Crippen molar-refractivity contribution in [2.24, 2.45) is 7.05 Å². The molecule has 1 aromatic carbocycles. The lowest BCUT2D eigenvalue weighted by molar-refractivity contribution is 0.203. The van der Waals surface area contributed by atoms with Crippen LogP contribution in [0.1, 0.15) is 5.69 Å². The zero-order valence-electron chi connectivity index (χ0n) is 9.91. The van der Waals surface area contributed by atoms with E-state index in [0.717, 1.165) is 15.9 Å². The summed E-state index contributed by atoms with van der Waals surface area (Å²) < 4.78 is 2.84. The minimum Gasteiger partial charge on any atom is -0.425 e. The van der Waals surface area contributed by atoms with Gasteiger partial charge in [-0.05, 0) is 18.2 Å². The van der Waals surface area contributed by atoms with Crippen LogP contribution in [0, 0.1) is 0 Å². The van der Waals surface area contributed by atoms with Gasteiger partial charge in [-0.1, -0.05) is 12.1 Å². The molecule has 6 heteroatoms. The van der Waals surface area contributed by atoms with Crippen molar-refractivity contribution in [3.8, 4) is 0 Å². The summed E-state index contributed by atoms with van der Waals surface area (Å²) in [7, 11) is 1.87. The summed E-state index contributed by atoms with van der Waals surface area (Å²) in [4.78, 5) is 4.31. The van der Waals surface area contributed by atoms with E-state index >= 15 is 0 Å². The zero-order chi connectivity index (χ0) is 12.5. The van der Waals surface area contributed by atoms with E-state index in [9.17, 15) is 5.21 Å². The van der Waals surface area contributed by atoms with Gasteiger partial charge in [-0.3, -0.25) is 4.68 Å². The van der Waals surface area contributed by atoms with E-state index in [1.807, 2.05) is 37.4 Å². The number of nitrogens with one attached hydrogen (secondary N) is 1. The van der Waals surface area contributed by atoms with E-state index in [2.05, 4.69) is 15.4 Å². The molecule has 0 amide bonds. The predicted molar refractivity (Wildman–Crippen MR) is 67.5 cm³/mol. The normalized spacial score (nSPS) is 10.9. The van der Waals surface area contributed by atoms with E-state index in [1.54, 1.807) is 10.9 Å². The van der Waals surface area contributed by atoms with Crippen LogP contribution in [0.15, 0.2) is 36.5 Å². The first-order valence-corrected chi connectivity index (χ1v) is 5.63. The van der Waals surface area contributed by atoms with Crippen molar-refractivity contribution in [3.63, 3.8) is 0 Å². The number of nitrogens with zero attached hydrogens (tertiary/aromatic N) is 4. The first-order valence-electron chi connectivity index (χ1n) is 5.63. The van der Waals surface area contributed by atoms with E-state index in [0.29, 0.717) is 18.0 Å². The van der Waals surface area contributed by atoms with Crippen LogP contribution in [0.3, 0.4) is 0 Å². The molecule has 0 saturated carbocycles. The van der Waals surface area contributed by atoms with Gasteiger partial charge in [-0.2, -0.15) is 5.10 Å². The van der Waals surface area contributed by atoms with E-state index in [4.69, 9.17) is 0 Å². The average Bonchev–Trinajstić information content (AvgIpc) is 2.92. The van der Waals surface area contributed by atoms with E-state index in [1.165, 1.54) is 0 Å². The molecule has 0 unspecified atom stereocenters. The van der Waals surface area contributed by atoms with Gasteiger partial charge in [0.2, 0.25) is 5.95 Å². The summed E-state index contributed by atoms with van der Waals surface area (Å²) >= 11 is 0. The number of benzene rings is 1. The molecule has 0 fully saturated rings. The monoisotopic (exact) mass is 243 g/mol. The maximum atomic E-state index is 9.96. The van der Waals surface area contributed by atoms with Gasteiger partial charge in [-0.15, -0.1) is 4.73 Å². The van der Waals surface area contributed by atoms with Gasteiger partial charge in [0, 0.05) is 13.2 Å². The second-order valence-electron chi connectivity index (χ2n) is 4.04. The fraction of sp³-hybridized carbons (Fsp3) is 0.167. The van der Waals surface area contributed by atoms with Crippen LogP contribution in [-0.4, -0.2) is 24.7 Å². The molecular weight excluding hydrogens is 230 g/mol. The summed E-state index contributed by atoms with van der Waals surface area (Å²) in [6.45, 7) is 0.556. The fourth-order valence-corrected chi connectivity index (χ4v) is 1.87. The molecule has 0 spiro atoms. The van der Waals surface area contributed by atoms with Gasteiger partial charge in [0.15, 0.2) is 0 Å². The Kier molecular flexibility index (Phi) is 2.40. The van der Waals surface area contributed by atoms with Gasteiger partial charge in [0.25, 0.3) is 0 Å².